The maximum atomic E-state index is 10.2. The molecule has 2 aromatic rings. The molecule has 5 nitrogen and oxygen atoms in total. The molecule has 92 valence electrons. The predicted molar refractivity (Wildman–Crippen MR) is 67.5 cm³/mol. The summed E-state index contributed by atoms with van der Waals surface area (Å²) in [6.07, 6.45) is 3.37. The topological polar surface area (TPSA) is 55.9 Å². The van der Waals surface area contributed by atoms with E-state index in [1.165, 1.54) is 0 Å². The monoisotopic (exact) mass is 298 g/mol. The van der Waals surface area contributed by atoms with Crippen LogP contribution >= 0.6 is 15.9 Å². The van der Waals surface area contributed by atoms with Gasteiger partial charge in [0.2, 0.25) is 0 Å². The first-order valence-corrected chi connectivity index (χ1v) is 6.13. The van der Waals surface area contributed by atoms with E-state index in [-0.39, 0.29) is 0 Å². The summed E-state index contributed by atoms with van der Waals surface area (Å²) < 4.78 is 4.56. The van der Waals surface area contributed by atoms with Gasteiger partial charge in [-0.05, 0) is 22.9 Å². The van der Waals surface area contributed by atoms with Crippen molar-refractivity contribution in [3.05, 3.63) is 34.1 Å². The zero-order valence-corrected chi connectivity index (χ0v) is 11.6. The van der Waals surface area contributed by atoms with Gasteiger partial charge in [0.15, 0.2) is 0 Å². The molecule has 1 N–H and O–H groups in total. The highest BCUT2D eigenvalue weighted by atomic mass is 79.9. The van der Waals surface area contributed by atoms with Gasteiger partial charge < -0.3 is 9.67 Å². The number of aliphatic hydroxyl groups is 1. The maximum Gasteiger partial charge on any atom is 0.137 e. The lowest BCUT2D eigenvalue weighted by Crippen LogP contribution is -2.11. The van der Waals surface area contributed by atoms with E-state index >= 15 is 0 Å². The van der Waals surface area contributed by atoms with Gasteiger partial charge in [0.1, 0.15) is 11.9 Å². The molecule has 2 aromatic heterocycles. The molecule has 0 spiro atoms. The van der Waals surface area contributed by atoms with E-state index in [4.69, 9.17) is 0 Å². The van der Waals surface area contributed by atoms with Crippen LogP contribution in [0.2, 0.25) is 0 Å². The van der Waals surface area contributed by atoms with Crippen molar-refractivity contribution in [1.82, 2.24) is 19.3 Å². The van der Waals surface area contributed by atoms with Crippen molar-refractivity contribution >= 4 is 15.9 Å². The van der Waals surface area contributed by atoms with Crippen LogP contribution in [0, 0.1) is 6.92 Å². The second kappa shape index (κ2) is 4.62. The van der Waals surface area contributed by atoms with Crippen molar-refractivity contribution in [1.29, 1.82) is 0 Å². The van der Waals surface area contributed by atoms with E-state index in [9.17, 15) is 5.11 Å². The standard InChI is InChI=1S/C11H15BrN4O/c1-7-10(12)8(16(3)14-7)6-9(17)11-13-4-5-15(11)2/h4-5,9,17H,6H2,1-3H3. The Morgan fingerprint density at radius 3 is 2.65 bits per heavy atom. The minimum atomic E-state index is -0.624. The summed E-state index contributed by atoms with van der Waals surface area (Å²) in [6, 6.07) is 0. The van der Waals surface area contributed by atoms with Crippen LogP contribution in [0.1, 0.15) is 23.3 Å². The van der Waals surface area contributed by atoms with Gasteiger partial charge in [-0.15, -0.1) is 0 Å². The van der Waals surface area contributed by atoms with Gasteiger partial charge in [0.05, 0.1) is 15.9 Å². The average Bonchev–Trinajstić information content (AvgIpc) is 2.78. The van der Waals surface area contributed by atoms with Crippen molar-refractivity contribution in [3.63, 3.8) is 0 Å². The molecule has 0 radical (unpaired) electrons. The van der Waals surface area contributed by atoms with Crippen molar-refractivity contribution in [2.75, 3.05) is 0 Å². The van der Waals surface area contributed by atoms with Gasteiger partial charge in [-0.25, -0.2) is 4.98 Å². The first-order chi connectivity index (χ1) is 8.00. The van der Waals surface area contributed by atoms with E-state index in [1.807, 2.05) is 31.8 Å². The van der Waals surface area contributed by atoms with Crippen LogP contribution < -0.4 is 0 Å². The van der Waals surface area contributed by atoms with Crippen LogP contribution in [-0.2, 0) is 20.5 Å². The minimum absolute atomic E-state index is 0.489. The highest BCUT2D eigenvalue weighted by Crippen LogP contribution is 2.25. The van der Waals surface area contributed by atoms with Crippen molar-refractivity contribution in [3.8, 4) is 0 Å². The molecule has 2 rings (SSSR count). The van der Waals surface area contributed by atoms with E-state index in [0.29, 0.717) is 12.2 Å². The maximum absolute atomic E-state index is 10.2. The summed E-state index contributed by atoms with van der Waals surface area (Å²) in [6.45, 7) is 1.93. The fourth-order valence-corrected chi connectivity index (χ4v) is 2.37. The van der Waals surface area contributed by atoms with Crippen molar-refractivity contribution in [2.24, 2.45) is 14.1 Å². The summed E-state index contributed by atoms with van der Waals surface area (Å²) in [7, 11) is 3.74. The number of aryl methyl sites for hydroxylation is 3. The van der Waals surface area contributed by atoms with Crippen LogP contribution in [0.3, 0.4) is 0 Å². The molecule has 0 bridgehead atoms. The zero-order chi connectivity index (χ0) is 12.6. The van der Waals surface area contributed by atoms with E-state index in [2.05, 4.69) is 26.0 Å². The van der Waals surface area contributed by atoms with Crippen molar-refractivity contribution in [2.45, 2.75) is 19.4 Å². The second-order valence-electron chi connectivity index (χ2n) is 4.09. The Kier molecular flexibility index (Phi) is 3.35. The highest BCUT2D eigenvalue weighted by Gasteiger charge is 2.18. The summed E-state index contributed by atoms with van der Waals surface area (Å²) in [5.74, 6) is 0.663. The summed E-state index contributed by atoms with van der Waals surface area (Å²) in [5, 5.41) is 14.5. The molecule has 0 aliphatic carbocycles. The van der Waals surface area contributed by atoms with Gasteiger partial charge in [-0.3, -0.25) is 4.68 Å². The quantitative estimate of drug-likeness (QED) is 0.934. The van der Waals surface area contributed by atoms with Crippen LogP contribution in [-0.4, -0.2) is 24.4 Å². The van der Waals surface area contributed by atoms with Gasteiger partial charge in [-0.1, -0.05) is 0 Å². The third kappa shape index (κ3) is 2.28. The number of rotatable bonds is 3. The van der Waals surface area contributed by atoms with E-state index < -0.39 is 6.10 Å². The largest absolute Gasteiger partial charge is 0.385 e. The van der Waals surface area contributed by atoms with Gasteiger partial charge in [0, 0.05) is 32.9 Å². The Morgan fingerprint density at radius 2 is 2.18 bits per heavy atom. The molecule has 1 atom stereocenters. The molecule has 0 aliphatic rings. The lowest BCUT2D eigenvalue weighted by molar-refractivity contribution is 0.162. The SMILES string of the molecule is Cc1nn(C)c(CC(O)c2nccn2C)c1Br. The number of hydrogen-bond donors (Lipinski definition) is 1. The average molecular weight is 299 g/mol. The molecule has 2 heterocycles. The van der Waals surface area contributed by atoms with E-state index in [0.717, 1.165) is 15.9 Å². The fraction of sp³-hybridized carbons (Fsp3) is 0.455. The molecule has 0 saturated heterocycles. The number of hydrogen-bond acceptors (Lipinski definition) is 3. The first kappa shape index (κ1) is 12.3. The molecular formula is C11H15BrN4O. The first-order valence-electron chi connectivity index (χ1n) is 5.34. The lowest BCUT2D eigenvalue weighted by atomic mass is 10.2. The highest BCUT2D eigenvalue weighted by molar-refractivity contribution is 9.10. The van der Waals surface area contributed by atoms with Gasteiger partial charge >= 0.3 is 0 Å². The van der Waals surface area contributed by atoms with Crippen LogP contribution in [0.15, 0.2) is 16.9 Å². The second-order valence-corrected chi connectivity index (χ2v) is 4.88. The molecule has 0 aliphatic heterocycles. The number of halogens is 1. The Labute approximate surface area is 108 Å². The minimum Gasteiger partial charge on any atom is -0.385 e. The van der Waals surface area contributed by atoms with E-state index in [1.54, 1.807) is 10.9 Å². The molecule has 0 amide bonds. The van der Waals surface area contributed by atoms with Crippen LogP contribution in [0.25, 0.3) is 0 Å². The number of aromatic nitrogens is 4. The van der Waals surface area contributed by atoms with Crippen LogP contribution in [0.5, 0.6) is 0 Å². The molecule has 1 unspecified atom stereocenters. The third-order valence-corrected chi connectivity index (χ3v) is 3.84. The molecular weight excluding hydrogens is 284 g/mol. The number of nitrogens with zero attached hydrogens (tertiary/aromatic N) is 4. The zero-order valence-electron chi connectivity index (χ0n) is 10.1. The lowest BCUT2D eigenvalue weighted by Gasteiger charge is -2.11. The molecule has 0 saturated carbocycles. The molecule has 0 aromatic carbocycles. The normalized spacial score (nSPS) is 13.0. The molecule has 6 heteroatoms. The Morgan fingerprint density at radius 1 is 1.47 bits per heavy atom. The Balaban J connectivity index is 2.24. The predicted octanol–water partition coefficient (Wildman–Crippen LogP) is 1.50. The smallest absolute Gasteiger partial charge is 0.137 e. The summed E-state index contributed by atoms with van der Waals surface area (Å²) in [4.78, 5) is 4.15. The Hall–Kier alpha value is -1.14. The molecule has 0 fully saturated rings. The number of imidazole rings is 1. The van der Waals surface area contributed by atoms with Crippen LogP contribution in [0.4, 0.5) is 0 Å². The summed E-state index contributed by atoms with van der Waals surface area (Å²) in [5.41, 5.74) is 1.90. The van der Waals surface area contributed by atoms with Crippen molar-refractivity contribution < 1.29 is 5.11 Å². The molecule has 17 heavy (non-hydrogen) atoms. The van der Waals surface area contributed by atoms with Gasteiger partial charge in [-0.2, -0.15) is 5.10 Å². The third-order valence-electron chi connectivity index (χ3n) is 2.80. The van der Waals surface area contributed by atoms with Gasteiger partial charge in [0.25, 0.3) is 0 Å². The summed E-state index contributed by atoms with van der Waals surface area (Å²) >= 11 is 3.49. The number of aliphatic hydroxyl groups excluding tert-OH is 1. The Bertz CT molecular complexity index is 532. The fourth-order valence-electron chi connectivity index (χ4n) is 1.87.